The van der Waals surface area contributed by atoms with Crippen LogP contribution in [0.15, 0.2) is 42.5 Å². The summed E-state index contributed by atoms with van der Waals surface area (Å²) in [5.41, 5.74) is 0.885. The fraction of sp³-hybridized carbons (Fsp3) is 0.348. The molecule has 7 nitrogen and oxygen atoms in total. The molecule has 2 rings (SSSR count). The molecule has 30 heavy (non-hydrogen) atoms. The SMILES string of the molecule is COC(=O)c1nc(C#CCCNC(=O)OC(C)(C)C)ccc1OCc1ccccc1. The number of nitrogens with zero attached hydrogens (tertiary/aromatic N) is 1. The molecule has 0 aliphatic heterocycles. The number of benzene rings is 1. The van der Waals surface area contributed by atoms with Crippen LogP contribution in [0, 0.1) is 11.8 Å². The second kappa shape index (κ2) is 10.9. The first-order chi connectivity index (χ1) is 14.3. The normalized spacial score (nSPS) is 10.4. The zero-order valence-electron chi connectivity index (χ0n) is 17.7. The maximum absolute atomic E-state index is 12.1. The largest absolute Gasteiger partial charge is 0.486 e. The monoisotopic (exact) mass is 410 g/mol. The van der Waals surface area contributed by atoms with Crippen molar-refractivity contribution in [2.45, 2.75) is 39.4 Å². The number of hydrogen-bond donors (Lipinski definition) is 1. The van der Waals surface area contributed by atoms with E-state index in [-0.39, 0.29) is 5.69 Å². The van der Waals surface area contributed by atoms with Gasteiger partial charge in [0.25, 0.3) is 0 Å². The molecule has 158 valence electrons. The van der Waals surface area contributed by atoms with Crippen LogP contribution in [0.1, 0.15) is 48.9 Å². The smallest absolute Gasteiger partial charge is 0.407 e. The number of amides is 1. The van der Waals surface area contributed by atoms with Crippen molar-refractivity contribution in [3.63, 3.8) is 0 Å². The van der Waals surface area contributed by atoms with Gasteiger partial charge in [0.1, 0.15) is 17.9 Å². The van der Waals surface area contributed by atoms with Crippen molar-refractivity contribution < 1.29 is 23.8 Å². The van der Waals surface area contributed by atoms with Crippen molar-refractivity contribution in [1.29, 1.82) is 0 Å². The van der Waals surface area contributed by atoms with E-state index in [0.717, 1.165) is 5.56 Å². The van der Waals surface area contributed by atoms with Crippen molar-refractivity contribution >= 4 is 12.1 Å². The number of alkyl carbamates (subject to hydrolysis) is 1. The molecular formula is C23H26N2O5. The molecule has 1 aromatic heterocycles. The molecule has 1 aromatic carbocycles. The van der Waals surface area contributed by atoms with Crippen molar-refractivity contribution in [1.82, 2.24) is 10.3 Å². The molecule has 0 saturated carbocycles. The molecule has 0 spiro atoms. The Morgan fingerprint density at radius 1 is 1.10 bits per heavy atom. The first-order valence-electron chi connectivity index (χ1n) is 9.50. The van der Waals surface area contributed by atoms with E-state index in [1.807, 2.05) is 30.3 Å². The molecule has 2 aromatic rings. The number of esters is 1. The molecule has 7 heteroatoms. The van der Waals surface area contributed by atoms with E-state index in [4.69, 9.17) is 14.2 Å². The first kappa shape index (κ1) is 22.8. The topological polar surface area (TPSA) is 86.8 Å². The molecular weight excluding hydrogens is 384 g/mol. The molecule has 0 atom stereocenters. The number of methoxy groups -OCH3 is 1. The van der Waals surface area contributed by atoms with Crippen LogP contribution in [0.3, 0.4) is 0 Å². The van der Waals surface area contributed by atoms with Gasteiger partial charge in [-0.25, -0.2) is 14.6 Å². The second-order valence-corrected chi connectivity index (χ2v) is 7.29. The lowest BCUT2D eigenvalue weighted by Crippen LogP contribution is -2.32. The number of aromatic nitrogens is 1. The number of ether oxygens (including phenoxy) is 3. The molecule has 0 aliphatic carbocycles. The summed E-state index contributed by atoms with van der Waals surface area (Å²) in [5.74, 6) is 5.49. The van der Waals surface area contributed by atoms with Crippen LogP contribution in [0.2, 0.25) is 0 Å². The standard InChI is InChI=1S/C23H26N2O5/c1-23(2,3)30-22(27)24-15-9-8-12-18-13-14-19(20(25-18)21(26)28-4)29-16-17-10-6-5-7-11-17/h5-7,10-11,13-14H,9,15-16H2,1-4H3,(H,24,27). The fourth-order valence-corrected chi connectivity index (χ4v) is 2.30. The highest BCUT2D eigenvalue weighted by atomic mass is 16.6. The van der Waals surface area contributed by atoms with Gasteiger partial charge in [-0.15, -0.1) is 0 Å². The van der Waals surface area contributed by atoms with Gasteiger partial charge in [-0.1, -0.05) is 36.3 Å². The van der Waals surface area contributed by atoms with Crippen molar-refractivity contribution in [3.05, 3.63) is 59.4 Å². The van der Waals surface area contributed by atoms with Crippen LogP contribution in [-0.2, 0) is 16.1 Å². The zero-order chi connectivity index (χ0) is 22.0. The van der Waals surface area contributed by atoms with Gasteiger partial charge >= 0.3 is 12.1 Å². The molecule has 0 fully saturated rings. The van der Waals surface area contributed by atoms with Gasteiger partial charge in [-0.3, -0.25) is 0 Å². The highest BCUT2D eigenvalue weighted by Gasteiger charge is 2.16. The second-order valence-electron chi connectivity index (χ2n) is 7.29. The zero-order valence-corrected chi connectivity index (χ0v) is 17.7. The Bertz CT molecular complexity index is 924. The minimum atomic E-state index is -0.603. The first-order valence-corrected chi connectivity index (χ1v) is 9.50. The van der Waals surface area contributed by atoms with E-state index in [9.17, 15) is 9.59 Å². The Balaban J connectivity index is 1.98. The summed E-state index contributed by atoms with van der Waals surface area (Å²) in [6.07, 6.45) is -0.0869. The molecule has 1 heterocycles. The summed E-state index contributed by atoms with van der Waals surface area (Å²) in [6, 6.07) is 12.9. The molecule has 0 saturated heterocycles. The lowest BCUT2D eigenvalue weighted by molar-refractivity contribution is 0.0527. The lowest BCUT2D eigenvalue weighted by atomic mass is 10.2. The molecule has 0 radical (unpaired) electrons. The van der Waals surface area contributed by atoms with Crippen LogP contribution in [0.25, 0.3) is 0 Å². The number of nitrogens with one attached hydrogen (secondary N) is 1. The number of hydrogen-bond acceptors (Lipinski definition) is 6. The summed E-state index contributed by atoms with van der Waals surface area (Å²) < 4.78 is 15.7. The van der Waals surface area contributed by atoms with E-state index in [1.54, 1.807) is 32.9 Å². The Labute approximate surface area is 176 Å². The summed E-state index contributed by atoms with van der Waals surface area (Å²) in [6.45, 7) is 6.02. The Morgan fingerprint density at radius 2 is 1.83 bits per heavy atom. The number of carbonyl (C=O) groups is 2. The third-order valence-corrected chi connectivity index (χ3v) is 3.61. The molecule has 1 amide bonds. The average Bonchev–Trinajstić information content (AvgIpc) is 2.71. The Hall–Kier alpha value is -3.53. The van der Waals surface area contributed by atoms with Crippen LogP contribution in [0.4, 0.5) is 4.79 Å². The van der Waals surface area contributed by atoms with Crippen LogP contribution < -0.4 is 10.1 Å². The Morgan fingerprint density at radius 3 is 2.50 bits per heavy atom. The molecule has 0 aliphatic rings. The van der Waals surface area contributed by atoms with E-state index in [2.05, 4.69) is 22.1 Å². The van der Waals surface area contributed by atoms with E-state index in [1.165, 1.54) is 7.11 Å². The van der Waals surface area contributed by atoms with Gasteiger partial charge < -0.3 is 19.5 Å². The molecule has 0 unspecified atom stereocenters. The van der Waals surface area contributed by atoms with Gasteiger partial charge in [0.2, 0.25) is 0 Å². The van der Waals surface area contributed by atoms with Gasteiger partial charge in [-0.2, -0.15) is 0 Å². The quantitative estimate of drug-likeness (QED) is 0.444. The maximum atomic E-state index is 12.1. The molecule has 1 N–H and O–H groups in total. The van der Waals surface area contributed by atoms with Crippen molar-refractivity contribution in [2.24, 2.45) is 0 Å². The predicted molar refractivity (Wildman–Crippen MR) is 112 cm³/mol. The van der Waals surface area contributed by atoms with Gasteiger partial charge in [0.15, 0.2) is 11.4 Å². The Kier molecular flexibility index (Phi) is 8.24. The summed E-state index contributed by atoms with van der Waals surface area (Å²) >= 11 is 0. The van der Waals surface area contributed by atoms with Gasteiger partial charge in [0, 0.05) is 13.0 Å². The maximum Gasteiger partial charge on any atom is 0.407 e. The third-order valence-electron chi connectivity index (χ3n) is 3.61. The molecule has 0 bridgehead atoms. The number of pyridine rings is 1. The highest BCUT2D eigenvalue weighted by Crippen LogP contribution is 2.19. The minimum absolute atomic E-state index is 0.0621. The third kappa shape index (κ3) is 7.84. The van der Waals surface area contributed by atoms with Crippen molar-refractivity contribution in [2.75, 3.05) is 13.7 Å². The van der Waals surface area contributed by atoms with Crippen LogP contribution in [-0.4, -0.2) is 36.3 Å². The van der Waals surface area contributed by atoms with Crippen LogP contribution in [0.5, 0.6) is 5.75 Å². The lowest BCUT2D eigenvalue weighted by Gasteiger charge is -2.19. The summed E-state index contributed by atoms with van der Waals surface area (Å²) in [7, 11) is 1.28. The van der Waals surface area contributed by atoms with Crippen molar-refractivity contribution in [3.8, 4) is 17.6 Å². The van der Waals surface area contributed by atoms with Crippen LogP contribution >= 0.6 is 0 Å². The number of carbonyl (C=O) groups excluding carboxylic acids is 2. The number of rotatable bonds is 6. The summed E-state index contributed by atoms with van der Waals surface area (Å²) in [5, 5.41) is 2.63. The predicted octanol–water partition coefficient (Wildman–Crippen LogP) is 3.71. The van der Waals surface area contributed by atoms with E-state index >= 15 is 0 Å². The average molecular weight is 410 g/mol. The minimum Gasteiger partial charge on any atom is -0.486 e. The fourth-order valence-electron chi connectivity index (χ4n) is 2.30. The van der Waals surface area contributed by atoms with E-state index in [0.29, 0.717) is 31.0 Å². The van der Waals surface area contributed by atoms with Gasteiger partial charge in [-0.05, 0) is 44.4 Å². The highest BCUT2D eigenvalue weighted by molar-refractivity contribution is 5.90. The summed E-state index contributed by atoms with van der Waals surface area (Å²) in [4.78, 5) is 27.9. The van der Waals surface area contributed by atoms with E-state index < -0.39 is 17.7 Å². The van der Waals surface area contributed by atoms with Gasteiger partial charge in [0.05, 0.1) is 7.11 Å².